The Labute approximate surface area is 154 Å². The van der Waals surface area contributed by atoms with Gasteiger partial charge in [0, 0.05) is 44.0 Å². The molecule has 2 aliphatic rings. The molecule has 25 heavy (non-hydrogen) atoms. The van der Waals surface area contributed by atoms with Crippen molar-refractivity contribution < 1.29 is 14.4 Å². The van der Waals surface area contributed by atoms with E-state index in [9.17, 15) is 14.4 Å². The largest absolute Gasteiger partial charge is 0.374 e. The third kappa shape index (κ3) is 4.31. The summed E-state index contributed by atoms with van der Waals surface area (Å²) >= 11 is 3.21. The molecule has 1 aromatic rings. The van der Waals surface area contributed by atoms with Crippen LogP contribution in [-0.2, 0) is 14.4 Å². The van der Waals surface area contributed by atoms with E-state index in [2.05, 4.69) is 31.5 Å². The van der Waals surface area contributed by atoms with Gasteiger partial charge in [-0.15, -0.1) is 0 Å². The summed E-state index contributed by atoms with van der Waals surface area (Å²) in [5.41, 5.74) is 1.95. The van der Waals surface area contributed by atoms with E-state index < -0.39 is 0 Å². The van der Waals surface area contributed by atoms with Crippen molar-refractivity contribution in [1.82, 2.24) is 10.2 Å². The second-order valence-electron chi connectivity index (χ2n) is 6.20. The summed E-state index contributed by atoms with van der Waals surface area (Å²) in [6, 6.07) is 7.53. The molecule has 1 aromatic carbocycles. The first kappa shape index (κ1) is 17.7. The standard InChI is InChI=1S/C17H21BrN4O3/c18-11-16(24)22-9-7-21(8-10-22)13-3-1-12(2-4-13)19-14-5-6-15(23)20-17(14)25/h1-4,14,19H,5-11H2,(H,20,23,25). The lowest BCUT2D eigenvalue weighted by molar-refractivity contribution is -0.133. The van der Waals surface area contributed by atoms with Crippen LogP contribution in [0.4, 0.5) is 11.4 Å². The topological polar surface area (TPSA) is 81.8 Å². The van der Waals surface area contributed by atoms with Crippen LogP contribution in [0.1, 0.15) is 12.8 Å². The molecule has 2 fully saturated rings. The number of hydrogen-bond donors (Lipinski definition) is 2. The number of alkyl halides is 1. The third-order valence-corrected chi connectivity index (χ3v) is 5.04. The predicted molar refractivity (Wildman–Crippen MR) is 98.8 cm³/mol. The number of rotatable bonds is 4. The first-order valence-electron chi connectivity index (χ1n) is 8.36. The zero-order valence-corrected chi connectivity index (χ0v) is 15.4. The van der Waals surface area contributed by atoms with Crippen LogP contribution in [0.15, 0.2) is 24.3 Å². The summed E-state index contributed by atoms with van der Waals surface area (Å²) in [5, 5.41) is 5.89. The van der Waals surface area contributed by atoms with Gasteiger partial charge in [0.25, 0.3) is 0 Å². The highest BCUT2D eigenvalue weighted by Gasteiger charge is 2.26. The maximum absolute atomic E-state index is 11.8. The minimum atomic E-state index is -0.373. The summed E-state index contributed by atoms with van der Waals surface area (Å²) < 4.78 is 0. The van der Waals surface area contributed by atoms with Crippen LogP contribution in [0.25, 0.3) is 0 Å². The third-order valence-electron chi connectivity index (χ3n) is 4.56. The number of piperazine rings is 1. The van der Waals surface area contributed by atoms with Gasteiger partial charge in [0.15, 0.2) is 0 Å². The Morgan fingerprint density at radius 1 is 1.16 bits per heavy atom. The molecule has 2 N–H and O–H groups in total. The fourth-order valence-corrected chi connectivity index (χ4v) is 3.45. The quantitative estimate of drug-likeness (QED) is 0.572. The molecule has 0 radical (unpaired) electrons. The smallest absolute Gasteiger partial charge is 0.249 e. The Hall–Kier alpha value is -2.09. The fraction of sp³-hybridized carbons (Fsp3) is 0.471. The molecule has 1 atom stereocenters. The molecule has 0 bridgehead atoms. The molecule has 2 saturated heterocycles. The van der Waals surface area contributed by atoms with E-state index in [1.807, 2.05) is 29.2 Å². The maximum Gasteiger partial charge on any atom is 0.249 e. The molecule has 1 unspecified atom stereocenters. The summed E-state index contributed by atoms with van der Waals surface area (Å²) in [5.74, 6) is -0.354. The van der Waals surface area contributed by atoms with Crippen LogP contribution >= 0.6 is 15.9 Å². The molecule has 3 rings (SSSR count). The second-order valence-corrected chi connectivity index (χ2v) is 6.76. The van der Waals surface area contributed by atoms with Crippen LogP contribution in [-0.4, -0.2) is 60.2 Å². The summed E-state index contributed by atoms with van der Waals surface area (Å²) in [7, 11) is 0. The van der Waals surface area contributed by atoms with Crippen molar-refractivity contribution in [2.45, 2.75) is 18.9 Å². The molecule has 8 heteroatoms. The van der Waals surface area contributed by atoms with E-state index >= 15 is 0 Å². The predicted octanol–water partition coefficient (Wildman–Crippen LogP) is 0.947. The van der Waals surface area contributed by atoms with Crippen molar-refractivity contribution in [3.8, 4) is 0 Å². The number of carbonyl (C=O) groups is 3. The molecule has 3 amide bonds. The highest BCUT2D eigenvalue weighted by atomic mass is 79.9. The highest BCUT2D eigenvalue weighted by molar-refractivity contribution is 9.09. The van der Waals surface area contributed by atoms with Gasteiger partial charge in [-0.2, -0.15) is 0 Å². The number of nitrogens with one attached hydrogen (secondary N) is 2. The van der Waals surface area contributed by atoms with Gasteiger partial charge in [0.05, 0.1) is 5.33 Å². The summed E-state index contributed by atoms with van der Waals surface area (Å²) in [4.78, 5) is 38.8. The normalized spacial score (nSPS) is 21.1. The average molecular weight is 409 g/mol. The van der Waals surface area contributed by atoms with Gasteiger partial charge in [-0.1, -0.05) is 15.9 Å². The Kier molecular flexibility index (Phi) is 5.57. The molecule has 2 aliphatic heterocycles. The summed E-state index contributed by atoms with van der Waals surface area (Å²) in [6.45, 7) is 3.05. The number of imide groups is 1. The van der Waals surface area contributed by atoms with Crippen LogP contribution in [0.2, 0.25) is 0 Å². The highest BCUT2D eigenvalue weighted by Crippen LogP contribution is 2.21. The zero-order valence-electron chi connectivity index (χ0n) is 13.8. The first-order chi connectivity index (χ1) is 12.1. The molecular formula is C17H21BrN4O3. The van der Waals surface area contributed by atoms with Gasteiger partial charge in [0.2, 0.25) is 17.7 Å². The number of benzene rings is 1. The van der Waals surface area contributed by atoms with Gasteiger partial charge >= 0.3 is 0 Å². The zero-order chi connectivity index (χ0) is 17.8. The number of nitrogens with zero attached hydrogens (tertiary/aromatic N) is 2. The molecule has 0 aliphatic carbocycles. The van der Waals surface area contributed by atoms with Gasteiger partial charge in [-0.3, -0.25) is 19.7 Å². The lowest BCUT2D eigenvalue weighted by Crippen LogP contribution is -2.49. The van der Waals surface area contributed by atoms with Crippen LogP contribution < -0.4 is 15.5 Å². The van der Waals surface area contributed by atoms with Crippen molar-refractivity contribution in [3.63, 3.8) is 0 Å². The van der Waals surface area contributed by atoms with Crippen molar-refractivity contribution >= 4 is 45.0 Å². The Morgan fingerprint density at radius 2 is 1.84 bits per heavy atom. The van der Waals surface area contributed by atoms with Crippen LogP contribution in [0.5, 0.6) is 0 Å². The van der Waals surface area contributed by atoms with Crippen LogP contribution in [0, 0.1) is 0 Å². The van der Waals surface area contributed by atoms with Crippen molar-refractivity contribution in [3.05, 3.63) is 24.3 Å². The molecule has 0 aromatic heterocycles. The lowest BCUT2D eigenvalue weighted by atomic mass is 10.1. The van der Waals surface area contributed by atoms with Crippen molar-refractivity contribution in [2.24, 2.45) is 0 Å². The Balaban J connectivity index is 1.55. The number of carbonyl (C=O) groups excluding carboxylic acids is 3. The lowest BCUT2D eigenvalue weighted by Gasteiger charge is -2.36. The van der Waals surface area contributed by atoms with Crippen molar-refractivity contribution in [2.75, 3.05) is 41.7 Å². The van der Waals surface area contributed by atoms with Gasteiger partial charge < -0.3 is 15.1 Å². The van der Waals surface area contributed by atoms with E-state index in [4.69, 9.17) is 0 Å². The van der Waals surface area contributed by atoms with E-state index in [1.54, 1.807) is 0 Å². The van der Waals surface area contributed by atoms with Gasteiger partial charge in [-0.25, -0.2) is 0 Å². The Bertz CT molecular complexity index is 656. The molecule has 134 valence electrons. The van der Waals surface area contributed by atoms with Crippen molar-refractivity contribution in [1.29, 1.82) is 0 Å². The molecule has 0 spiro atoms. The number of anilines is 2. The minimum Gasteiger partial charge on any atom is -0.374 e. The first-order valence-corrected chi connectivity index (χ1v) is 9.48. The van der Waals surface area contributed by atoms with E-state index in [1.165, 1.54) is 0 Å². The van der Waals surface area contributed by atoms with Gasteiger partial charge in [-0.05, 0) is 30.7 Å². The molecule has 2 heterocycles. The van der Waals surface area contributed by atoms with E-state index in [0.717, 1.165) is 37.6 Å². The number of halogens is 1. The van der Waals surface area contributed by atoms with Crippen LogP contribution in [0.3, 0.4) is 0 Å². The van der Waals surface area contributed by atoms with E-state index in [0.29, 0.717) is 18.2 Å². The fourth-order valence-electron chi connectivity index (χ4n) is 3.10. The Morgan fingerprint density at radius 3 is 2.44 bits per heavy atom. The van der Waals surface area contributed by atoms with Gasteiger partial charge in [0.1, 0.15) is 6.04 Å². The number of amides is 3. The molecule has 0 saturated carbocycles. The van der Waals surface area contributed by atoms with E-state index in [-0.39, 0.29) is 23.8 Å². The molecule has 7 nitrogen and oxygen atoms in total. The number of hydrogen-bond acceptors (Lipinski definition) is 5. The summed E-state index contributed by atoms with van der Waals surface area (Å²) in [6.07, 6.45) is 0.870. The maximum atomic E-state index is 11.8. The number of piperidine rings is 1. The monoisotopic (exact) mass is 408 g/mol. The SMILES string of the molecule is O=C1CCC(Nc2ccc(N3CCN(C(=O)CBr)CC3)cc2)C(=O)N1. The molecular weight excluding hydrogens is 388 g/mol. The minimum absolute atomic E-state index is 0.128. The average Bonchev–Trinajstić information content (AvgIpc) is 2.64. The second kappa shape index (κ2) is 7.86.